The zero-order chi connectivity index (χ0) is 12.3. The van der Waals surface area contributed by atoms with Gasteiger partial charge in [0.2, 0.25) is 0 Å². The fourth-order valence-electron chi connectivity index (χ4n) is 1.34. The number of rotatable bonds is 3. The molecule has 0 unspecified atom stereocenters. The first-order chi connectivity index (χ1) is 7.47. The Morgan fingerprint density at radius 2 is 2.19 bits per heavy atom. The molecule has 1 aromatic carbocycles. The Morgan fingerprint density at radius 1 is 1.56 bits per heavy atom. The van der Waals surface area contributed by atoms with Crippen LogP contribution in [0.3, 0.4) is 0 Å². The van der Waals surface area contributed by atoms with Crippen molar-refractivity contribution in [2.45, 2.75) is 13.8 Å². The number of carbonyl (C=O) groups excluding carboxylic acids is 1. The van der Waals surface area contributed by atoms with Crippen molar-refractivity contribution < 1.29 is 18.8 Å². The molecule has 1 rings (SSSR count). The highest BCUT2D eigenvalue weighted by Gasteiger charge is 2.24. The van der Waals surface area contributed by atoms with E-state index in [2.05, 4.69) is 4.74 Å². The van der Waals surface area contributed by atoms with Crippen LogP contribution >= 0.6 is 0 Å². The zero-order valence-electron chi connectivity index (χ0n) is 8.82. The number of hydrogen-bond donors (Lipinski definition) is 0. The second kappa shape index (κ2) is 4.69. The van der Waals surface area contributed by atoms with Crippen LogP contribution in [-0.2, 0) is 4.74 Å². The van der Waals surface area contributed by atoms with Gasteiger partial charge >= 0.3 is 5.97 Å². The van der Waals surface area contributed by atoms with E-state index in [4.69, 9.17) is 0 Å². The highest BCUT2D eigenvalue weighted by molar-refractivity contribution is 5.95. The number of ether oxygens (including phenoxy) is 1. The third kappa shape index (κ3) is 2.33. The summed E-state index contributed by atoms with van der Waals surface area (Å²) in [7, 11) is 0. The minimum atomic E-state index is -0.813. The Morgan fingerprint density at radius 3 is 2.69 bits per heavy atom. The van der Waals surface area contributed by atoms with E-state index in [1.165, 1.54) is 6.92 Å². The Kier molecular flexibility index (Phi) is 3.55. The van der Waals surface area contributed by atoms with Gasteiger partial charge in [-0.05, 0) is 25.5 Å². The van der Waals surface area contributed by atoms with Gasteiger partial charge in [-0.2, -0.15) is 0 Å². The van der Waals surface area contributed by atoms with Crippen molar-refractivity contribution in [2.24, 2.45) is 0 Å². The van der Waals surface area contributed by atoms with Crippen LogP contribution in [0, 0.1) is 22.9 Å². The van der Waals surface area contributed by atoms with E-state index in [1.807, 2.05) is 0 Å². The minimum absolute atomic E-state index is 0.104. The number of benzene rings is 1. The Labute approximate surface area is 91.0 Å². The maximum atomic E-state index is 13.0. The number of nitro benzene ring substituents is 1. The van der Waals surface area contributed by atoms with Gasteiger partial charge in [-0.25, -0.2) is 9.18 Å². The number of carbonyl (C=O) groups is 1. The Balaban J connectivity index is 3.35. The smallest absolute Gasteiger partial charge is 0.345 e. The van der Waals surface area contributed by atoms with Crippen LogP contribution in [0.15, 0.2) is 12.1 Å². The SMILES string of the molecule is CCOC(=O)c1c(C)cc(F)cc1[N+](=O)[O-]. The maximum absolute atomic E-state index is 13.0. The van der Waals surface area contributed by atoms with E-state index < -0.39 is 22.4 Å². The zero-order valence-corrected chi connectivity index (χ0v) is 8.82. The molecule has 0 fully saturated rings. The minimum Gasteiger partial charge on any atom is -0.462 e. The molecular weight excluding hydrogens is 217 g/mol. The van der Waals surface area contributed by atoms with Crippen LogP contribution in [0.2, 0.25) is 0 Å². The first kappa shape index (κ1) is 12.1. The van der Waals surface area contributed by atoms with Crippen molar-refractivity contribution in [1.29, 1.82) is 0 Å². The van der Waals surface area contributed by atoms with Crippen LogP contribution in [0.1, 0.15) is 22.8 Å². The van der Waals surface area contributed by atoms with E-state index in [9.17, 15) is 19.3 Å². The normalized spacial score (nSPS) is 9.94. The lowest BCUT2D eigenvalue weighted by molar-refractivity contribution is -0.385. The van der Waals surface area contributed by atoms with Gasteiger partial charge in [0.15, 0.2) is 0 Å². The lowest BCUT2D eigenvalue weighted by atomic mass is 10.1. The van der Waals surface area contributed by atoms with Crippen molar-refractivity contribution in [3.8, 4) is 0 Å². The van der Waals surface area contributed by atoms with E-state index >= 15 is 0 Å². The predicted molar refractivity (Wildman–Crippen MR) is 53.7 cm³/mol. The summed E-state index contributed by atoms with van der Waals surface area (Å²) >= 11 is 0. The quantitative estimate of drug-likeness (QED) is 0.451. The fraction of sp³-hybridized carbons (Fsp3) is 0.300. The molecule has 0 aromatic heterocycles. The Bertz CT molecular complexity index is 445. The molecule has 0 saturated heterocycles. The number of nitro groups is 1. The van der Waals surface area contributed by atoms with Gasteiger partial charge in [0.05, 0.1) is 17.6 Å². The summed E-state index contributed by atoms with van der Waals surface area (Å²) in [5.74, 6) is -1.57. The highest BCUT2D eigenvalue weighted by atomic mass is 19.1. The molecule has 5 nitrogen and oxygen atoms in total. The molecule has 86 valence electrons. The average molecular weight is 227 g/mol. The standard InChI is InChI=1S/C10H10FNO4/c1-3-16-10(13)9-6(2)4-7(11)5-8(9)12(14)15/h4-5H,3H2,1-2H3. The maximum Gasteiger partial charge on any atom is 0.345 e. The molecule has 0 aliphatic heterocycles. The molecule has 0 aliphatic carbocycles. The van der Waals surface area contributed by atoms with Crippen LogP contribution < -0.4 is 0 Å². The molecule has 0 atom stereocenters. The molecule has 0 bridgehead atoms. The molecule has 0 radical (unpaired) electrons. The van der Waals surface area contributed by atoms with Gasteiger partial charge in [0.25, 0.3) is 5.69 Å². The summed E-state index contributed by atoms with van der Waals surface area (Å²) in [6.07, 6.45) is 0. The van der Waals surface area contributed by atoms with Crippen molar-refractivity contribution >= 4 is 11.7 Å². The summed E-state index contributed by atoms with van der Waals surface area (Å²) in [4.78, 5) is 21.3. The third-order valence-electron chi connectivity index (χ3n) is 1.96. The van der Waals surface area contributed by atoms with E-state index in [0.717, 1.165) is 6.07 Å². The number of aryl methyl sites for hydroxylation is 1. The predicted octanol–water partition coefficient (Wildman–Crippen LogP) is 2.22. The number of hydrogen-bond acceptors (Lipinski definition) is 4. The summed E-state index contributed by atoms with van der Waals surface area (Å²) in [6.45, 7) is 3.11. The summed E-state index contributed by atoms with van der Waals surface area (Å²) in [5.41, 5.74) is -0.589. The molecule has 0 saturated carbocycles. The molecule has 0 aliphatic rings. The molecule has 16 heavy (non-hydrogen) atoms. The van der Waals surface area contributed by atoms with E-state index in [1.54, 1.807) is 6.92 Å². The average Bonchev–Trinajstić information content (AvgIpc) is 2.16. The molecular formula is C10H10FNO4. The van der Waals surface area contributed by atoms with Crippen LogP contribution in [0.4, 0.5) is 10.1 Å². The fourth-order valence-corrected chi connectivity index (χ4v) is 1.34. The Hall–Kier alpha value is -1.98. The van der Waals surface area contributed by atoms with E-state index in [-0.39, 0.29) is 17.7 Å². The second-order valence-corrected chi connectivity index (χ2v) is 3.09. The van der Waals surface area contributed by atoms with Crippen molar-refractivity contribution in [1.82, 2.24) is 0 Å². The van der Waals surface area contributed by atoms with Crippen molar-refractivity contribution in [2.75, 3.05) is 6.61 Å². The summed E-state index contributed by atoms with van der Waals surface area (Å²) in [5, 5.41) is 10.7. The highest BCUT2D eigenvalue weighted by Crippen LogP contribution is 2.24. The van der Waals surface area contributed by atoms with Gasteiger partial charge in [-0.15, -0.1) is 0 Å². The van der Waals surface area contributed by atoms with Gasteiger partial charge in [-0.3, -0.25) is 10.1 Å². The number of nitrogens with zero attached hydrogens (tertiary/aromatic N) is 1. The first-order valence-electron chi connectivity index (χ1n) is 4.59. The van der Waals surface area contributed by atoms with Crippen LogP contribution in [0.25, 0.3) is 0 Å². The first-order valence-corrected chi connectivity index (χ1v) is 4.59. The van der Waals surface area contributed by atoms with Crippen LogP contribution in [0.5, 0.6) is 0 Å². The lowest BCUT2D eigenvalue weighted by Gasteiger charge is -2.06. The molecule has 0 N–H and O–H groups in total. The second-order valence-electron chi connectivity index (χ2n) is 3.09. The topological polar surface area (TPSA) is 69.4 Å². The van der Waals surface area contributed by atoms with Crippen molar-refractivity contribution in [3.63, 3.8) is 0 Å². The van der Waals surface area contributed by atoms with E-state index in [0.29, 0.717) is 6.07 Å². The molecule has 1 aromatic rings. The number of halogens is 1. The monoisotopic (exact) mass is 227 g/mol. The van der Waals surface area contributed by atoms with Gasteiger partial charge in [-0.1, -0.05) is 0 Å². The summed E-state index contributed by atoms with van der Waals surface area (Å²) in [6, 6.07) is 1.76. The largest absolute Gasteiger partial charge is 0.462 e. The lowest BCUT2D eigenvalue weighted by Crippen LogP contribution is -2.10. The molecule has 6 heteroatoms. The number of esters is 1. The van der Waals surface area contributed by atoms with Gasteiger partial charge in [0.1, 0.15) is 11.4 Å². The molecule has 0 heterocycles. The summed E-state index contributed by atoms with van der Waals surface area (Å²) < 4.78 is 17.6. The van der Waals surface area contributed by atoms with Crippen LogP contribution in [-0.4, -0.2) is 17.5 Å². The molecule has 0 amide bonds. The molecule has 0 spiro atoms. The van der Waals surface area contributed by atoms with Gasteiger partial charge in [0, 0.05) is 0 Å². The van der Waals surface area contributed by atoms with Gasteiger partial charge < -0.3 is 4.74 Å². The third-order valence-corrected chi connectivity index (χ3v) is 1.96. The van der Waals surface area contributed by atoms with Crippen molar-refractivity contribution in [3.05, 3.63) is 39.2 Å².